The van der Waals surface area contributed by atoms with Gasteiger partial charge in [0.2, 0.25) is 17.6 Å². The number of alkyl halides is 2. The van der Waals surface area contributed by atoms with E-state index in [0.717, 1.165) is 10.6 Å². The number of anilines is 3. The third kappa shape index (κ3) is 5.47. The largest absolute Gasteiger partial charge is 0.463 e. The molecule has 4 amide bonds. The molecule has 8 rings (SSSR count). The molecule has 3 fully saturated rings. The third-order valence-corrected chi connectivity index (χ3v) is 12.5. The lowest BCUT2D eigenvalue weighted by atomic mass is 9.57. The van der Waals surface area contributed by atoms with E-state index in [1.165, 1.54) is 24.3 Å². The number of imide groups is 2. The van der Waals surface area contributed by atoms with Crippen LogP contribution in [-0.4, -0.2) is 52.6 Å². The predicted molar refractivity (Wildman–Crippen MR) is 195 cm³/mol. The zero-order chi connectivity index (χ0) is 40.9. The van der Waals surface area contributed by atoms with Crippen LogP contribution in [0, 0.1) is 46.8 Å². The number of hydrogen-bond donors (Lipinski definition) is 1. The van der Waals surface area contributed by atoms with Gasteiger partial charge in [0.1, 0.15) is 23.8 Å². The molecule has 57 heavy (non-hydrogen) atoms. The lowest BCUT2D eigenvalue weighted by Gasteiger charge is -2.49. The Hall–Kier alpha value is -5.45. The van der Waals surface area contributed by atoms with E-state index in [0.29, 0.717) is 11.4 Å². The van der Waals surface area contributed by atoms with Crippen LogP contribution >= 0.6 is 23.2 Å². The van der Waals surface area contributed by atoms with Crippen molar-refractivity contribution in [1.82, 2.24) is 0 Å². The fourth-order valence-corrected chi connectivity index (χ4v) is 9.29. The summed E-state index contributed by atoms with van der Waals surface area (Å²) < 4.78 is 79.2. The Balaban J connectivity index is 1.16. The maximum absolute atomic E-state index is 15.2. The van der Waals surface area contributed by atoms with Gasteiger partial charge in [0, 0.05) is 19.8 Å². The number of nitrogens with zero attached hydrogens (tertiary/aromatic N) is 5. The number of allylic oxidation sites excluding steroid dienone is 2. The molecule has 0 bridgehead atoms. The summed E-state index contributed by atoms with van der Waals surface area (Å²) >= 11 is 14.2. The van der Waals surface area contributed by atoms with Crippen LogP contribution in [-0.2, 0) is 25.8 Å². The van der Waals surface area contributed by atoms with Gasteiger partial charge in [0.05, 0.1) is 34.8 Å². The van der Waals surface area contributed by atoms with Crippen molar-refractivity contribution < 1.29 is 50.7 Å². The third-order valence-electron chi connectivity index (χ3n) is 11.1. The minimum Gasteiger partial charge on any atom is -0.463 e. The molecular formula is C39H28Cl2F5N5O6. The van der Waals surface area contributed by atoms with Crippen LogP contribution in [0.4, 0.5) is 50.4 Å². The number of carbonyl (C=O) groups excluding carboxylic acids is 4. The van der Waals surface area contributed by atoms with Gasteiger partial charge in [-0.15, -0.1) is 23.2 Å². The van der Waals surface area contributed by atoms with E-state index in [2.05, 4.69) is 10.2 Å². The highest BCUT2D eigenvalue weighted by molar-refractivity contribution is 6.58. The molecule has 0 radical (unpaired) electrons. The van der Waals surface area contributed by atoms with Crippen molar-refractivity contribution in [1.29, 1.82) is 0 Å². The number of benzene rings is 3. The van der Waals surface area contributed by atoms with Crippen molar-refractivity contribution in [3.05, 3.63) is 113 Å². The van der Waals surface area contributed by atoms with Crippen LogP contribution in [0.3, 0.4) is 0 Å². The van der Waals surface area contributed by atoms with E-state index in [1.54, 1.807) is 30.3 Å². The lowest BCUT2D eigenvalue weighted by molar-refractivity contribution is -0.125. The van der Waals surface area contributed by atoms with E-state index in [4.69, 9.17) is 27.6 Å². The molecule has 4 aliphatic rings. The number of hydrogen-bond acceptors (Lipinski definition) is 9. The number of rotatable bonds is 7. The number of halogens is 7. The molecule has 3 aromatic carbocycles. The van der Waals surface area contributed by atoms with Crippen molar-refractivity contribution in [2.45, 2.75) is 35.1 Å². The smallest absolute Gasteiger partial charge is 0.258 e. The summed E-state index contributed by atoms with van der Waals surface area (Å²) in [5.74, 6) is -22.0. The molecule has 1 aromatic heterocycles. The second-order valence-corrected chi connectivity index (χ2v) is 15.5. The van der Waals surface area contributed by atoms with E-state index in [1.807, 2.05) is 31.1 Å². The van der Waals surface area contributed by atoms with Crippen molar-refractivity contribution in [2.24, 2.45) is 28.0 Å². The number of amides is 4. The fourth-order valence-electron chi connectivity index (χ4n) is 8.37. The van der Waals surface area contributed by atoms with E-state index >= 15 is 8.78 Å². The molecule has 4 aromatic rings. The van der Waals surface area contributed by atoms with Crippen molar-refractivity contribution in [3.63, 3.8) is 0 Å². The first-order chi connectivity index (χ1) is 27.0. The molecule has 0 spiro atoms. The van der Waals surface area contributed by atoms with Crippen LogP contribution < -0.4 is 14.7 Å². The van der Waals surface area contributed by atoms with Gasteiger partial charge in [-0.2, -0.15) is 10.2 Å². The molecule has 3 heterocycles. The molecule has 2 aliphatic heterocycles. The first-order valence-corrected chi connectivity index (χ1v) is 18.1. The Kier molecular flexibility index (Phi) is 9.16. The first kappa shape index (κ1) is 38.4. The maximum Gasteiger partial charge on any atom is 0.258 e. The summed E-state index contributed by atoms with van der Waals surface area (Å²) in [6.45, 7) is -0.628. The van der Waals surface area contributed by atoms with Gasteiger partial charge in [-0.25, -0.2) is 26.9 Å². The SMILES string of the molecule is CN(C)c1ccc(N=Nc2ccc(N3C(=O)C4CC=C5C(CC6(Cl)C(=O)N(c7c(F)c(F)c(F)c(F)c7F)C(=O)C6(Cl)C5c5ccc(CO)o5)C4C3=O)cc2)cc1. The average Bonchev–Trinajstić information content (AvgIpc) is 3.82. The van der Waals surface area contributed by atoms with Gasteiger partial charge >= 0.3 is 0 Å². The van der Waals surface area contributed by atoms with Crippen LogP contribution in [0.15, 0.2) is 87.0 Å². The normalized spacial score (nSPS) is 26.9. The van der Waals surface area contributed by atoms with Gasteiger partial charge in [-0.3, -0.25) is 24.1 Å². The summed E-state index contributed by atoms with van der Waals surface area (Å²) in [4.78, 5) is 54.2. The number of carbonyl (C=O) groups is 4. The van der Waals surface area contributed by atoms with Gasteiger partial charge < -0.3 is 14.4 Å². The summed E-state index contributed by atoms with van der Waals surface area (Å²) in [6, 6.07) is 16.1. The molecule has 11 nitrogen and oxygen atoms in total. The molecule has 18 heteroatoms. The number of azo groups is 1. The Morgan fingerprint density at radius 1 is 0.772 bits per heavy atom. The minimum atomic E-state index is -2.74. The highest BCUT2D eigenvalue weighted by Crippen LogP contribution is 2.66. The first-order valence-electron chi connectivity index (χ1n) is 17.4. The summed E-state index contributed by atoms with van der Waals surface area (Å²) in [6.07, 6.45) is 0.805. The van der Waals surface area contributed by atoms with E-state index in [9.17, 15) is 37.5 Å². The Morgan fingerprint density at radius 2 is 1.35 bits per heavy atom. The number of aliphatic hydroxyl groups is 1. The van der Waals surface area contributed by atoms with E-state index in [-0.39, 0.29) is 34.1 Å². The quantitative estimate of drug-likeness (QED) is 0.0384. The van der Waals surface area contributed by atoms with Crippen LogP contribution in [0.1, 0.15) is 30.3 Å². The molecule has 1 N–H and O–H groups in total. The Bertz CT molecular complexity index is 2430. The van der Waals surface area contributed by atoms with Crippen molar-refractivity contribution >= 4 is 75.3 Å². The van der Waals surface area contributed by atoms with Gasteiger partial charge in [0.15, 0.2) is 33.0 Å². The zero-order valence-corrected chi connectivity index (χ0v) is 31.2. The molecule has 2 aliphatic carbocycles. The van der Waals surface area contributed by atoms with Gasteiger partial charge in [-0.05, 0) is 79.4 Å². The summed E-state index contributed by atoms with van der Waals surface area (Å²) in [7, 11) is 3.81. The number of aliphatic hydroxyl groups excluding tert-OH is 1. The van der Waals surface area contributed by atoms with Crippen LogP contribution in [0.5, 0.6) is 0 Å². The second kappa shape index (κ2) is 13.6. The number of fused-ring (bicyclic) bond motifs is 4. The molecule has 6 unspecified atom stereocenters. The zero-order valence-electron chi connectivity index (χ0n) is 29.7. The fraction of sp³-hybridized carbons (Fsp3) is 0.282. The van der Waals surface area contributed by atoms with Gasteiger partial charge in [-0.1, -0.05) is 11.6 Å². The van der Waals surface area contributed by atoms with Crippen molar-refractivity contribution in [3.8, 4) is 0 Å². The summed E-state index contributed by atoms with van der Waals surface area (Å²) in [5.41, 5.74) is 0.489. The highest BCUT2D eigenvalue weighted by atomic mass is 35.5. The van der Waals surface area contributed by atoms with Crippen molar-refractivity contribution in [2.75, 3.05) is 28.8 Å². The van der Waals surface area contributed by atoms with Gasteiger partial charge in [0.25, 0.3) is 11.8 Å². The monoisotopic (exact) mass is 827 g/mol. The molecule has 294 valence electrons. The molecule has 1 saturated carbocycles. The maximum atomic E-state index is 15.2. The predicted octanol–water partition coefficient (Wildman–Crippen LogP) is 7.72. The average molecular weight is 829 g/mol. The molecule has 2 saturated heterocycles. The van der Waals surface area contributed by atoms with Crippen LogP contribution in [0.2, 0.25) is 0 Å². The van der Waals surface area contributed by atoms with Crippen LogP contribution in [0.25, 0.3) is 0 Å². The lowest BCUT2D eigenvalue weighted by Crippen LogP contribution is -2.60. The minimum absolute atomic E-state index is 0.0289. The Labute approximate surface area is 329 Å². The van der Waals surface area contributed by atoms with E-state index < -0.39 is 105 Å². The molecular weight excluding hydrogens is 800 g/mol. The standard InChI is InChI=1S/C39H28Cl2F5N5O6/c1-49(2)19-7-3-17(4-8-19)47-48-18-5-9-20(10-6-18)50-34(53)23-13-12-22-24(26(23)35(50)54)15-38(40)36(55)51(33-31(45)29(43)28(42)30(44)32(33)46)37(56)39(38,41)27(22)25-14-11-21(16-52)57-25/h3-12,14,23-24,26-27,52H,13,15-16H2,1-2H3. The molecule has 6 atom stereocenters. The topological polar surface area (TPSA) is 136 Å². The highest BCUT2D eigenvalue weighted by Gasteiger charge is 2.77. The number of furan rings is 1. The second-order valence-electron chi connectivity index (χ2n) is 14.3. The summed E-state index contributed by atoms with van der Waals surface area (Å²) in [5, 5.41) is 18.2. The Morgan fingerprint density at radius 3 is 1.91 bits per heavy atom.